The zero-order chi connectivity index (χ0) is 22.2. The van der Waals surface area contributed by atoms with Crippen molar-refractivity contribution >= 4 is 15.9 Å². The third kappa shape index (κ3) is 5.07. The molecule has 0 heterocycles. The van der Waals surface area contributed by atoms with Crippen LogP contribution in [0, 0.1) is 0 Å². The second-order valence-electron chi connectivity index (χ2n) is 6.71. The molecule has 3 rings (SSSR count). The van der Waals surface area contributed by atoms with Crippen molar-refractivity contribution in [3.63, 3.8) is 0 Å². The van der Waals surface area contributed by atoms with Crippen molar-refractivity contribution in [3.05, 3.63) is 54.6 Å². The Hall–Kier alpha value is -2.86. The van der Waals surface area contributed by atoms with Gasteiger partial charge in [-0.15, -0.1) is 0 Å². The molecule has 3 aromatic carbocycles. The van der Waals surface area contributed by atoms with Gasteiger partial charge in [-0.3, -0.25) is 0 Å². The summed E-state index contributed by atoms with van der Waals surface area (Å²) in [5, 5.41) is 0.857. The highest BCUT2D eigenvalue weighted by Crippen LogP contribution is 2.46. The van der Waals surface area contributed by atoms with Crippen molar-refractivity contribution in [2.24, 2.45) is 0 Å². The molecule has 0 spiro atoms. The van der Waals surface area contributed by atoms with E-state index in [1.807, 2.05) is 54.6 Å². The Morgan fingerprint density at radius 3 is 1.58 bits per heavy atom. The molecule has 5 nitrogen and oxygen atoms in total. The molecule has 0 unspecified atom stereocenters. The molecule has 3 aromatic rings. The topological polar surface area (TPSA) is 46.2 Å². The smallest absolute Gasteiger partial charge is 0.135 e. The lowest BCUT2D eigenvalue weighted by molar-refractivity contribution is 0.321. The number of halogens is 1. The zero-order valence-corrected chi connectivity index (χ0v) is 19.8. The van der Waals surface area contributed by atoms with Crippen LogP contribution in [0.25, 0.3) is 22.3 Å². The highest BCUT2D eigenvalue weighted by atomic mass is 79.9. The van der Waals surface area contributed by atoms with Crippen molar-refractivity contribution in [2.75, 3.05) is 40.4 Å². The Labute approximate surface area is 192 Å². The minimum atomic E-state index is 0.563. The fourth-order valence-electron chi connectivity index (χ4n) is 3.39. The van der Waals surface area contributed by atoms with Gasteiger partial charge in [0.2, 0.25) is 0 Å². The van der Waals surface area contributed by atoms with E-state index in [-0.39, 0.29) is 0 Å². The summed E-state index contributed by atoms with van der Waals surface area (Å²) in [4.78, 5) is 0. The van der Waals surface area contributed by atoms with Crippen molar-refractivity contribution in [2.45, 2.75) is 6.42 Å². The van der Waals surface area contributed by atoms with E-state index in [9.17, 15) is 0 Å². The number of hydrogen-bond acceptors (Lipinski definition) is 5. The molecule has 0 fully saturated rings. The van der Waals surface area contributed by atoms with Crippen LogP contribution >= 0.6 is 15.9 Å². The molecule has 31 heavy (non-hydrogen) atoms. The van der Waals surface area contributed by atoms with Crippen LogP contribution in [-0.2, 0) is 0 Å². The van der Waals surface area contributed by atoms with Gasteiger partial charge in [-0.05, 0) is 42.8 Å². The van der Waals surface area contributed by atoms with Crippen LogP contribution in [0.3, 0.4) is 0 Å². The summed E-state index contributed by atoms with van der Waals surface area (Å²) in [6.45, 7) is 0.563. The number of para-hydroxylation sites is 1. The second-order valence-corrected chi connectivity index (χ2v) is 7.50. The highest BCUT2D eigenvalue weighted by Gasteiger charge is 2.20. The Morgan fingerprint density at radius 2 is 1.16 bits per heavy atom. The van der Waals surface area contributed by atoms with E-state index < -0.39 is 0 Å². The van der Waals surface area contributed by atoms with E-state index in [2.05, 4.69) is 15.9 Å². The van der Waals surface area contributed by atoms with E-state index in [0.717, 1.165) is 62.8 Å². The van der Waals surface area contributed by atoms with Gasteiger partial charge < -0.3 is 23.7 Å². The number of benzene rings is 3. The van der Waals surface area contributed by atoms with Gasteiger partial charge in [0.15, 0.2) is 0 Å². The van der Waals surface area contributed by atoms with E-state index in [1.54, 1.807) is 28.4 Å². The molecule has 0 saturated heterocycles. The number of ether oxygens (including phenoxy) is 5. The standard InChI is InChI=1S/C25H27BrO5/c1-27-17-9-11-23(29-3)21(15-17)19-7-5-8-20(25(19)31-14-6-13-26)22-16-18(28-2)10-12-24(22)30-4/h5,7-12,15-16H,6,13-14H2,1-4H3. The van der Waals surface area contributed by atoms with Crippen LogP contribution in [-0.4, -0.2) is 40.4 Å². The molecule has 0 aromatic heterocycles. The monoisotopic (exact) mass is 486 g/mol. The second kappa shape index (κ2) is 11.0. The summed E-state index contributed by atoms with van der Waals surface area (Å²) in [6.07, 6.45) is 0.873. The first-order chi connectivity index (χ1) is 15.2. The van der Waals surface area contributed by atoms with Gasteiger partial charge in [0.05, 0.1) is 35.0 Å². The summed E-state index contributed by atoms with van der Waals surface area (Å²) >= 11 is 3.48. The maximum Gasteiger partial charge on any atom is 0.135 e. The Kier molecular flexibility index (Phi) is 8.06. The van der Waals surface area contributed by atoms with E-state index in [1.165, 1.54) is 0 Å². The molecule has 0 aliphatic carbocycles. The molecule has 0 N–H and O–H groups in total. The third-order valence-corrected chi connectivity index (χ3v) is 5.49. The molecule has 0 aliphatic heterocycles. The number of hydrogen-bond donors (Lipinski definition) is 0. The number of rotatable bonds is 10. The molecule has 164 valence electrons. The predicted octanol–water partition coefficient (Wildman–Crippen LogP) is 6.22. The molecule has 6 heteroatoms. The lowest BCUT2D eigenvalue weighted by atomic mass is 9.95. The van der Waals surface area contributed by atoms with Gasteiger partial charge in [0.1, 0.15) is 28.7 Å². The highest BCUT2D eigenvalue weighted by molar-refractivity contribution is 9.09. The first-order valence-corrected chi connectivity index (χ1v) is 11.1. The normalized spacial score (nSPS) is 10.5. The molecule has 0 atom stereocenters. The van der Waals surface area contributed by atoms with Gasteiger partial charge in [-0.2, -0.15) is 0 Å². The van der Waals surface area contributed by atoms with Gasteiger partial charge in [0, 0.05) is 27.6 Å². The van der Waals surface area contributed by atoms with Crippen molar-refractivity contribution in [3.8, 4) is 51.0 Å². The lowest BCUT2D eigenvalue weighted by Crippen LogP contribution is -2.02. The largest absolute Gasteiger partial charge is 0.497 e. The van der Waals surface area contributed by atoms with Crippen LogP contribution in [0.15, 0.2) is 54.6 Å². The maximum atomic E-state index is 6.34. The summed E-state index contributed by atoms with van der Waals surface area (Å²) in [7, 11) is 6.62. The van der Waals surface area contributed by atoms with Gasteiger partial charge in [0.25, 0.3) is 0 Å². The third-order valence-electron chi connectivity index (χ3n) is 4.93. The minimum absolute atomic E-state index is 0.563. The summed E-state index contributed by atoms with van der Waals surface area (Å²) in [5.41, 5.74) is 3.60. The Morgan fingerprint density at radius 1 is 0.645 bits per heavy atom. The van der Waals surface area contributed by atoms with Gasteiger partial charge in [-0.1, -0.05) is 34.1 Å². The minimum Gasteiger partial charge on any atom is -0.497 e. The Balaban J connectivity index is 2.26. The average Bonchev–Trinajstić information content (AvgIpc) is 2.83. The van der Waals surface area contributed by atoms with Crippen LogP contribution in [0.2, 0.25) is 0 Å². The van der Waals surface area contributed by atoms with Crippen molar-refractivity contribution in [1.82, 2.24) is 0 Å². The van der Waals surface area contributed by atoms with Crippen molar-refractivity contribution < 1.29 is 23.7 Å². The molecule has 0 bridgehead atoms. The average molecular weight is 487 g/mol. The van der Waals surface area contributed by atoms with Crippen molar-refractivity contribution in [1.29, 1.82) is 0 Å². The molecule has 0 aliphatic rings. The fraction of sp³-hybridized carbons (Fsp3) is 0.280. The SMILES string of the molecule is COc1ccc(OC)c(-c2cccc(-c3cc(OC)ccc3OC)c2OCCCBr)c1. The van der Waals surface area contributed by atoms with Crippen LogP contribution in [0.1, 0.15) is 6.42 Å². The zero-order valence-electron chi connectivity index (χ0n) is 18.2. The summed E-state index contributed by atoms with van der Waals surface area (Å²) in [6, 6.07) is 17.5. The summed E-state index contributed by atoms with van der Waals surface area (Å²) < 4.78 is 28.5. The maximum absolute atomic E-state index is 6.34. The van der Waals surface area contributed by atoms with Gasteiger partial charge >= 0.3 is 0 Å². The van der Waals surface area contributed by atoms with Crippen LogP contribution < -0.4 is 23.7 Å². The first-order valence-electron chi connectivity index (χ1n) is 9.93. The van der Waals surface area contributed by atoms with Gasteiger partial charge in [-0.25, -0.2) is 0 Å². The fourth-order valence-corrected chi connectivity index (χ4v) is 3.62. The van der Waals surface area contributed by atoms with E-state index in [0.29, 0.717) is 6.61 Å². The first kappa shape index (κ1) is 22.8. The molecular formula is C25H27BrO5. The molecule has 0 radical (unpaired) electrons. The molecule has 0 saturated carbocycles. The van der Waals surface area contributed by atoms with E-state index in [4.69, 9.17) is 23.7 Å². The van der Waals surface area contributed by atoms with Crippen LogP contribution in [0.4, 0.5) is 0 Å². The number of alkyl halides is 1. The van der Waals surface area contributed by atoms with E-state index >= 15 is 0 Å². The number of methoxy groups -OCH3 is 4. The lowest BCUT2D eigenvalue weighted by Gasteiger charge is -2.20. The Bertz CT molecular complexity index is 945. The molecular weight excluding hydrogens is 460 g/mol. The quantitative estimate of drug-likeness (QED) is 0.251. The molecule has 0 amide bonds. The summed E-state index contributed by atoms with van der Waals surface area (Å²) in [5.74, 6) is 3.71. The van der Waals surface area contributed by atoms with Crippen LogP contribution in [0.5, 0.6) is 28.7 Å². The predicted molar refractivity (Wildman–Crippen MR) is 127 cm³/mol.